The molecule has 0 amide bonds. The summed E-state index contributed by atoms with van der Waals surface area (Å²) in [5.74, 6) is 0.421. The Bertz CT molecular complexity index is 1160. The lowest BCUT2D eigenvalue weighted by molar-refractivity contribution is -0.125. The Morgan fingerprint density at radius 1 is 1.22 bits per heavy atom. The van der Waals surface area contributed by atoms with Crippen LogP contribution < -0.4 is 10.4 Å². The summed E-state index contributed by atoms with van der Waals surface area (Å²) in [5.41, 5.74) is -0.616. The predicted octanol–water partition coefficient (Wildman–Crippen LogP) is 3.29. The van der Waals surface area contributed by atoms with Gasteiger partial charge >= 0.3 is 12.0 Å². The van der Waals surface area contributed by atoms with Crippen LogP contribution in [0.2, 0.25) is 0 Å². The second-order valence-electron chi connectivity index (χ2n) is 5.33. The lowest BCUT2D eigenvalue weighted by Gasteiger charge is -2.08. The van der Waals surface area contributed by atoms with Gasteiger partial charge in [0, 0.05) is 12.1 Å². The monoisotopic (exact) mass is 402 g/mol. The lowest BCUT2D eigenvalue weighted by Crippen LogP contribution is -2.19. The van der Waals surface area contributed by atoms with Crippen LogP contribution in [0.3, 0.4) is 0 Å². The molecule has 11 heteroatoms. The maximum atomic E-state index is 12.8. The van der Waals surface area contributed by atoms with Crippen molar-refractivity contribution in [3.05, 3.63) is 48.1 Å². The number of benzene rings is 2. The Labute approximate surface area is 151 Å². The highest BCUT2D eigenvalue weighted by Gasteiger charge is 2.28. The number of halogens is 3. The lowest BCUT2D eigenvalue weighted by atomic mass is 10.2. The second-order valence-corrected chi connectivity index (χ2v) is 6.76. The van der Waals surface area contributed by atoms with Crippen LogP contribution in [-0.4, -0.2) is 30.4 Å². The standard InChI is InChI=1S/C16H13F3N2O5S/c1-2-25-11-5-3-4-10(8-11)21-13-7-6-12(27(22,23)24)9-14(13)26-15(21)20-16(17,18)19/h3-9H,2H2,1H3,(H,22,23,24). The van der Waals surface area contributed by atoms with E-state index in [2.05, 4.69) is 4.99 Å². The average Bonchev–Trinajstić information content (AvgIpc) is 2.89. The van der Waals surface area contributed by atoms with E-state index in [0.29, 0.717) is 12.4 Å². The van der Waals surface area contributed by atoms with Crippen LogP contribution >= 0.6 is 0 Å². The van der Waals surface area contributed by atoms with Gasteiger partial charge in [-0.25, -0.2) is 0 Å². The van der Waals surface area contributed by atoms with Crippen LogP contribution in [0.15, 0.2) is 56.8 Å². The van der Waals surface area contributed by atoms with Gasteiger partial charge < -0.3 is 9.15 Å². The number of oxazole rings is 1. The third-order valence-corrected chi connectivity index (χ3v) is 4.32. The van der Waals surface area contributed by atoms with Crippen molar-refractivity contribution >= 4 is 21.2 Å². The summed E-state index contributed by atoms with van der Waals surface area (Å²) in [6.07, 6.45) is -4.92. The number of rotatable bonds is 4. The molecule has 0 radical (unpaired) electrons. The molecule has 1 aromatic heterocycles. The first-order valence-corrected chi connectivity index (χ1v) is 9.01. The molecule has 0 atom stereocenters. The summed E-state index contributed by atoms with van der Waals surface area (Å²) in [5, 5.41) is 0. The molecule has 0 aliphatic heterocycles. The van der Waals surface area contributed by atoms with Crippen molar-refractivity contribution in [1.82, 2.24) is 4.57 Å². The molecule has 0 fully saturated rings. The first-order valence-electron chi connectivity index (χ1n) is 7.57. The van der Waals surface area contributed by atoms with E-state index in [1.165, 1.54) is 18.2 Å². The first-order chi connectivity index (χ1) is 12.6. The molecule has 0 saturated carbocycles. The van der Waals surface area contributed by atoms with E-state index >= 15 is 0 Å². The number of hydrogen-bond acceptors (Lipinski definition) is 5. The minimum Gasteiger partial charge on any atom is -0.494 e. The highest BCUT2D eigenvalue weighted by molar-refractivity contribution is 7.85. The average molecular weight is 402 g/mol. The Morgan fingerprint density at radius 3 is 2.59 bits per heavy atom. The van der Waals surface area contributed by atoms with Gasteiger partial charge in [0.25, 0.3) is 10.1 Å². The zero-order valence-electron chi connectivity index (χ0n) is 13.8. The van der Waals surface area contributed by atoms with Crippen LogP contribution in [0.5, 0.6) is 5.75 Å². The molecule has 0 aliphatic carbocycles. The van der Waals surface area contributed by atoms with Gasteiger partial charge in [0.2, 0.25) is 0 Å². The Kier molecular flexibility index (Phi) is 4.74. The largest absolute Gasteiger partial charge is 0.507 e. The highest BCUT2D eigenvalue weighted by Crippen LogP contribution is 2.24. The smallest absolute Gasteiger partial charge is 0.494 e. The molecule has 1 N–H and O–H groups in total. The van der Waals surface area contributed by atoms with Gasteiger partial charge in [0.1, 0.15) is 5.75 Å². The minimum atomic E-state index is -4.92. The fraction of sp³-hybridized carbons (Fsp3) is 0.188. The molecule has 0 unspecified atom stereocenters. The van der Waals surface area contributed by atoms with Gasteiger partial charge in [-0.05, 0) is 31.2 Å². The van der Waals surface area contributed by atoms with Gasteiger partial charge in [0.05, 0.1) is 22.7 Å². The molecule has 0 bridgehead atoms. The summed E-state index contributed by atoms with van der Waals surface area (Å²) >= 11 is 0. The Balaban J connectivity index is 2.34. The van der Waals surface area contributed by atoms with E-state index in [4.69, 9.17) is 13.7 Å². The molecule has 27 heavy (non-hydrogen) atoms. The molecule has 3 aromatic rings. The number of ether oxygens (including phenoxy) is 1. The van der Waals surface area contributed by atoms with Crippen molar-refractivity contribution in [1.29, 1.82) is 0 Å². The fourth-order valence-corrected chi connectivity index (χ4v) is 2.97. The highest BCUT2D eigenvalue weighted by atomic mass is 32.2. The Morgan fingerprint density at radius 2 is 1.96 bits per heavy atom. The van der Waals surface area contributed by atoms with Crippen LogP contribution in [0.1, 0.15) is 6.92 Å². The van der Waals surface area contributed by atoms with Crippen molar-refractivity contribution in [3.63, 3.8) is 0 Å². The van der Waals surface area contributed by atoms with Crippen LogP contribution in [0.25, 0.3) is 16.8 Å². The van der Waals surface area contributed by atoms with Crippen LogP contribution in [0.4, 0.5) is 13.2 Å². The second kappa shape index (κ2) is 6.74. The first kappa shape index (κ1) is 19.0. The summed E-state index contributed by atoms with van der Waals surface area (Å²) in [6, 6.07) is 9.40. The molecule has 0 spiro atoms. The number of hydrogen-bond donors (Lipinski definition) is 1. The quantitative estimate of drug-likeness (QED) is 0.534. The van der Waals surface area contributed by atoms with Gasteiger partial charge in [-0.1, -0.05) is 6.07 Å². The van der Waals surface area contributed by atoms with E-state index in [1.54, 1.807) is 19.1 Å². The zero-order chi connectivity index (χ0) is 19.8. The van der Waals surface area contributed by atoms with E-state index < -0.39 is 27.0 Å². The van der Waals surface area contributed by atoms with E-state index in [1.807, 2.05) is 0 Å². The van der Waals surface area contributed by atoms with Crippen molar-refractivity contribution in [3.8, 4) is 11.4 Å². The van der Waals surface area contributed by atoms with Crippen molar-refractivity contribution in [2.45, 2.75) is 18.1 Å². The van der Waals surface area contributed by atoms with Crippen LogP contribution in [0, 0.1) is 0 Å². The van der Waals surface area contributed by atoms with Gasteiger partial charge in [-0.3, -0.25) is 9.12 Å². The molecule has 7 nitrogen and oxygen atoms in total. The predicted molar refractivity (Wildman–Crippen MR) is 88.1 cm³/mol. The van der Waals surface area contributed by atoms with Gasteiger partial charge in [-0.2, -0.15) is 8.42 Å². The van der Waals surface area contributed by atoms with E-state index in [9.17, 15) is 21.6 Å². The fourth-order valence-electron chi connectivity index (χ4n) is 2.48. The van der Waals surface area contributed by atoms with E-state index in [0.717, 1.165) is 16.7 Å². The van der Waals surface area contributed by atoms with Gasteiger partial charge in [-0.15, -0.1) is 18.2 Å². The zero-order valence-corrected chi connectivity index (χ0v) is 14.6. The van der Waals surface area contributed by atoms with Gasteiger partial charge in [0.15, 0.2) is 5.58 Å². The van der Waals surface area contributed by atoms with Crippen molar-refractivity contribution in [2.24, 2.45) is 4.99 Å². The van der Waals surface area contributed by atoms with Crippen LogP contribution in [-0.2, 0) is 10.1 Å². The maximum absolute atomic E-state index is 12.8. The van der Waals surface area contributed by atoms with E-state index in [-0.39, 0.29) is 16.8 Å². The number of alkyl halides is 3. The SMILES string of the molecule is CCOc1cccc(-n2c(=NC(F)(F)F)oc3cc(S(=O)(=O)O)ccc32)c1. The molecular weight excluding hydrogens is 389 g/mol. The third kappa shape index (κ3) is 4.14. The topological polar surface area (TPSA) is 94.0 Å². The van der Waals surface area contributed by atoms with Crippen molar-refractivity contribution in [2.75, 3.05) is 6.61 Å². The summed E-state index contributed by atoms with van der Waals surface area (Å²) in [7, 11) is -4.55. The molecule has 0 saturated heterocycles. The molecule has 3 rings (SSSR count). The Hall–Kier alpha value is -2.79. The third-order valence-electron chi connectivity index (χ3n) is 3.47. The summed E-state index contributed by atoms with van der Waals surface area (Å²) in [6.45, 7) is 2.12. The number of nitrogens with zero attached hydrogens (tertiary/aromatic N) is 2. The summed E-state index contributed by atoms with van der Waals surface area (Å²) in [4.78, 5) is 2.10. The number of fused-ring (bicyclic) bond motifs is 1. The molecular formula is C16H13F3N2O5S. The normalized spacial score (nSPS) is 13.3. The molecule has 0 aliphatic rings. The van der Waals surface area contributed by atoms with Crippen molar-refractivity contribution < 1.29 is 35.3 Å². The maximum Gasteiger partial charge on any atom is 0.507 e. The molecule has 1 heterocycles. The molecule has 144 valence electrons. The molecule has 2 aromatic carbocycles. The number of aromatic nitrogens is 1. The summed E-state index contributed by atoms with van der Waals surface area (Å²) < 4.78 is 81.7. The minimum absolute atomic E-state index is 0.124.